The van der Waals surface area contributed by atoms with Crippen molar-refractivity contribution >= 4 is 23.2 Å². The molecule has 2 aromatic rings. The molecular weight excluding hydrogens is 300 g/mol. The van der Waals surface area contributed by atoms with Crippen molar-refractivity contribution in [2.75, 3.05) is 11.9 Å². The van der Waals surface area contributed by atoms with Crippen LogP contribution >= 0.6 is 11.6 Å². The predicted octanol–water partition coefficient (Wildman–Crippen LogP) is 3.64. The van der Waals surface area contributed by atoms with Crippen LogP contribution in [0.15, 0.2) is 48.5 Å². The van der Waals surface area contributed by atoms with E-state index in [9.17, 15) is 4.79 Å². The SMILES string of the molecule is C[C@@H](Oc1ccc(C#N)cc1Cl)C(=O)N(C)c1ccccc1. The third-order valence-corrected chi connectivity index (χ3v) is 3.48. The summed E-state index contributed by atoms with van der Waals surface area (Å²) in [7, 11) is 1.69. The maximum Gasteiger partial charge on any atom is 0.267 e. The zero-order valence-corrected chi connectivity index (χ0v) is 13.0. The molecule has 0 saturated heterocycles. The number of amides is 1. The van der Waals surface area contributed by atoms with Gasteiger partial charge in [-0.1, -0.05) is 29.8 Å². The molecule has 5 heteroatoms. The van der Waals surface area contributed by atoms with Crippen molar-refractivity contribution in [1.29, 1.82) is 5.26 Å². The molecule has 1 atom stereocenters. The second kappa shape index (κ2) is 6.97. The van der Waals surface area contributed by atoms with Crippen molar-refractivity contribution in [2.45, 2.75) is 13.0 Å². The van der Waals surface area contributed by atoms with Crippen LogP contribution in [0, 0.1) is 11.3 Å². The molecule has 2 rings (SSSR count). The summed E-state index contributed by atoms with van der Waals surface area (Å²) in [5.41, 5.74) is 1.23. The molecule has 0 spiro atoms. The summed E-state index contributed by atoms with van der Waals surface area (Å²) in [5.74, 6) is 0.189. The van der Waals surface area contributed by atoms with Gasteiger partial charge in [-0.15, -0.1) is 0 Å². The highest BCUT2D eigenvalue weighted by atomic mass is 35.5. The van der Waals surface area contributed by atoms with E-state index in [2.05, 4.69) is 0 Å². The average Bonchev–Trinajstić information content (AvgIpc) is 2.56. The molecule has 2 aromatic carbocycles. The van der Waals surface area contributed by atoms with Crippen molar-refractivity contribution in [2.24, 2.45) is 0 Å². The van der Waals surface area contributed by atoms with Gasteiger partial charge < -0.3 is 9.64 Å². The standard InChI is InChI=1S/C17H15ClN2O2/c1-12(17(21)20(2)14-6-4-3-5-7-14)22-16-9-8-13(11-19)10-15(16)18/h3-10,12H,1-2H3/t12-/m1/s1. The molecule has 4 nitrogen and oxygen atoms in total. The Morgan fingerprint density at radius 1 is 1.27 bits per heavy atom. The van der Waals surface area contributed by atoms with Crippen LogP contribution in [-0.2, 0) is 4.79 Å². The molecule has 1 amide bonds. The number of hydrogen-bond donors (Lipinski definition) is 0. The fourth-order valence-electron chi connectivity index (χ4n) is 1.96. The number of nitrogens with zero attached hydrogens (tertiary/aromatic N) is 2. The molecule has 0 aromatic heterocycles. The first-order chi connectivity index (χ1) is 10.5. The Labute approximate surface area is 134 Å². The van der Waals surface area contributed by atoms with Crippen LogP contribution in [0.1, 0.15) is 12.5 Å². The highest BCUT2D eigenvalue weighted by molar-refractivity contribution is 6.32. The van der Waals surface area contributed by atoms with E-state index in [1.165, 1.54) is 11.0 Å². The number of rotatable bonds is 4. The molecule has 0 radical (unpaired) electrons. The van der Waals surface area contributed by atoms with E-state index >= 15 is 0 Å². The van der Waals surface area contributed by atoms with E-state index in [1.807, 2.05) is 36.4 Å². The first-order valence-electron chi connectivity index (χ1n) is 6.72. The fraction of sp³-hybridized carbons (Fsp3) is 0.176. The second-order valence-corrected chi connectivity index (χ2v) is 5.16. The first kappa shape index (κ1) is 15.9. The number of para-hydroxylation sites is 1. The normalized spacial score (nSPS) is 11.4. The summed E-state index contributed by atoms with van der Waals surface area (Å²) in [5, 5.41) is 9.12. The Morgan fingerprint density at radius 3 is 2.55 bits per heavy atom. The number of carbonyl (C=O) groups is 1. The second-order valence-electron chi connectivity index (χ2n) is 4.75. The molecule has 0 saturated carbocycles. The van der Waals surface area contributed by atoms with Crippen LogP contribution in [0.3, 0.4) is 0 Å². The molecule has 0 heterocycles. The van der Waals surface area contributed by atoms with Crippen LogP contribution in [-0.4, -0.2) is 19.1 Å². The van der Waals surface area contributed by atoms with Crippen LogP contribution < -0.4 is 9.64 Å². The summed E-state index contributed by atoms with van der Waals surface area (Å²) in [6, 6.07) is 16.0. The lowest BCUT2D eigenvalue weighted by atomic mass is 10.2. The Morgan fingerprint density at radius 2 is 1.95 bits per heavy atom. The lowest BCUT2D eigenvalue weighted by molar-refractivity contribution is -0.124. The van der Waals surface area contributed by atoms with Gasteiger partial charge in [-0.2, -0.15) is 5.26 Å². The number of nitriles is 1. The first-order valence-corrected chi connectivity index (χ1v) is 7.09. The van der Waals surface area contributed by atoms with Gasteiger partial charge in [-0.05, 0) is 37.3 Å². The van der Waals surface area contributed by atoms with Gasteiger partial charge in [0.25, 0.3) is 5.91 Å². The van der Waals surface area contributed by atoms with Crippen molar-refractivity contribution in [3.05, 3.63) is 59.1 Å². The quantitative estimate of drug-likeness (QED) is 0.865. The van der Waals surface area contributed by atoms with Crippen LogP contribution in [0.4, 0.5) is 5.69 Å². The smallest absolute Gasteiger partial charge is 0.267 e. The van der Waals surface area contributed by atoms with Gasteiger partial charge in [0.2, 0.25) is 0 Å². The minimum Gasteiger partial charge on any atom is -0.479 e. The Hall–Kier alpha value is -2.51. The lowest BCUT2D eigenvalue weighted by Crippen LogP contribution is -2.38. The largest absolute Gasteiger partial charge is 0.479 e. The number of benzene rings is 2. The molecule has 22 heavy (non-hydrogen) atoms. The molecular formula is C17H15ClN2O2. The maximum absolute atomic E-state index is 12.4. The van der Waals surface area contributed by atoms with Crippen molar-refractivity contribution in [1.82, 2.24) is 0 Å². The predicted molar refractivity (Wildman–Crippen MR) is 86.1 cm³/mol. The van der Waals surface area contributed by atoms with E-state index in [0.717, 1.165) is 5.69 Å². The van der Waals surface area contributed by atoms with Gasteiger partial charge in [0.15, 0.2) is 6.10 Å². The highest BCUT2D eigenvalue weighted by Gasteiger charge is 2.21. The number of likely N-dealkylation sites (N-methyl/N-ethyl adjacent to an activating group) is 1. The summed E-state index contributed by atoms with van der Waals surface area (Å²) < 4.78 is 5.62. The summed E-state index contributed by atoms with van der Waals surface area (Å²) >= 11 is 6.05. The van der Waals surface area contributed by atoms with Gasteiger partial charge in [-0.25, -0.2) is 0 Å². The van der Waals surface area contributed by atoms with Crippen molar-refractivity contribution in [3.63, 3.8) is 0 Å². The van der Waals surface area contributed by atoms with E-state index in [-0.39, 0.29) is 5.91 Å². The summed E-state index contributed by atoms with van der Waals surface area (Å²) in [6.45, 7) is 1.66. The van der Waals surface area contributed by atoms with Crippen LogP contribution in [0.5, 0.6) is 5.75 Å². The van der Waals surface area contributed by atoms with E-state index in [0.29, 0.717) is 16.3 Å². The van der Waals surface area contributed by atoms with Crippen LogP contribution in [0.25, 0.3) is 0 Å². The van der Waals surface area contributed by atoms with Gasteiger partial charge in [0.1, 0.15) is 5.75 Å². The fourth-order valence-corrected chi connectivity index (χ4v) is 2.18. The summed E-state index contributed by atoms with van der Waals surface area (Å²) in [4.78, 5) is 13.9. The molecule has 0 aliphatic carbocycles. The van der Waals surface area contributed by atoms with E-state index in [1.54, 1.807) is 26.1 Å². The molecule has 0 bridgehead atoms. The van der Waals surface area contributed by atoms with Gasteiger partial charge in [0.05, 0.1) is 16.7 Å². The van der Waals surface area contributed by atoms with Gasteiger partial charge in [-0.3, -0.25) is 4.79 Å². The maximum atomic E-state index is 12.4. The summed E-state index contributed by atoms with van der Waals surface area (Å²) in [6.07, 6.45) is -0.698. The van der Waals surface area contributed by atoms with Crippen LogP contribution in [0.2, 0.25) is 5.02 Å². The number of anilines is 1. The average molecular weight is 315 g/mol. The van der Waals surface area contributed by atoms with Crippen molar-refractivity contribution < 1.29 is 9.53 Å². The van der Waals surface area contributed by atoms with Gasteiger partial charge >= 0.3 is 0 Å². The molecule has 0 unspecified atom stereocenters. The zero-order chi connectivity index (χ0) is 16.1. The third-order valence-electron chi connectivity index (χ3n) is 3.19. The van der Waals surface area contributed by atoms with Crippen molar-refractivity contribution in [3.8, 4) is 11.8 Å². The Bertz CT molecular complexity index is 710. The minimum absolute atomic E-state index is 0.188. The molecule has 112 valence electrons. The Kier molecular flexibility index (Phi) is 5.03. The highest BCUT2D eigenvalue weighted by Crippen LogP contribution is 2.26. The molecule has 0 fully saturated rings. The number of halogens is 1. The third kappa shape index (κ3) is 3.57. The van der Waals surface area contributed by atoms with Gasteiger partial charge in [0, 0.05) is 12.7 Å². The van der Waals surface area contributed by atoms with E-state index in [4.69, 9.17) is 21.6 Å². The topological polar surface area (TPSA) is 53.3 Å². The van der Waals surface area contributed by atoms with E-state index < -0.39 is 6.10 Å². The zero-order valence-electron chi connectivity index (χ0n) is 12.3. The Balaban J connectivity index is 2.10. The number of ether oxygens (including phenoxy) is 1. The molecule has 0 aliphatic rings. The molecule has 0 aliphatic heterocycles. The lowest BCUT2D eigenvalue weighted by Gasteiger charge is -2.22. The minimum atomic E-state index is -0.698. The monoisotopic (exact) mass is 314 g/mol. The molecule has 0 N–H and O–H groups in total. The number of carbonyl (C=O) groups excluding carboxylic acids is 1. The number of hydrogen-bond acceptors (Lipinski definition) is 3.